The maximum Gasteiger partial charge on any atom is 0.339 e. The van der Waals surface area contributed by atoms with Crippen molar-refractivity contribution in [2.24, 2.45) is 0 Å². The Bertz CT molecular complexity index is 510. The van der Waals surface area contributed by atoms with Crippen molar-refractivity contribution in [3.05, 3.63) is 36.2 Å². The lowest BCUT2D eigenvalue weighted by molar-refractivity contribution is 0.0693. The lowest BCUT2D eigenvalue weighted by atomic mass is 10.2. The molecule has 0 spiro atoms. The summed E-state index contributed by atoms with van der Waals surface area (Å²) in [5, 5.41) is 25.7. The molecule has 1 heterocycles. The van der Waals surface area contributed by atoms with Gasteiger partial charge in [-0.2, -0.15) is 0 Å². The Hall–Kier alpha value is -2.37. The molecule has 0 radical (unpaired) electrons. The van der Waals surface area contributed by atoms with Gasteiger partial charge in [0, 0.05) is 0 Å². The highest BCUT2D eigenvalue weighted by molar-refractivity contribution is 5.92. The molecule has 0 bridgehead atoms. The summed E-state index contributed by atoms with van der Waals surface area (Å²) in [6, 6.07) is 4.40. The first-order valence-corrected chi connectivity index (χ1v) is 6.53. The molecule has 0 unspecified atom stereocenters. The zero-order valence-corrected chi connectivity index (χ0v) is 12.2. The molecule has 0 aliphatic rings. The molecular weight excluding hydrogens is 258 g/mol. The summed E-state index contributed by atoms with van der Waals surface area (Å²) in [4.78, 5) is 10.7. The third-order valence-electron chi connectivity index (χ3n) is 1.91. The van der Waals surface area contributed by atoms with Gasteiger partial charge >= 0.3 is 5.97 Å². The average Bonchev–Trinajstić information content (AvgIpc) is 2.95. The van der Waals surface area contributed by atoms with Gasteiger partial charge < -0.3 is 10.2 Å². The summed E-state index contributed by atoms with van der Waals surface area (Å²) >= 11 is 0. The molecule has 6 heteroatoms. The number of aromatic hydroxyl groups is 1. The molecular formula is C14H21N3O3. The molecule has 0 atom stereocenters. The molecule has 20 heavy (non-hydrogen) atoms. The van der Waals surface area contributed by atoms with E-state index in [0.29, 0.717) is 0 Å². The minimum atomic E-state index is -1.19. The zero-order valence-electron chi connectivity index (χ0n) is 12.2. The van der Waals surface area contributed by atoms with E-state index in [4.69, 9.17) is 5.11 Å². The lowest BCUT2D eigenvalue weighted by Gasteiger charge is -2.05. The predicted molar refractivity (Wildman–Crippen MR) is 77.3 cm³/mol. The number of phenols is 1. The summed E-state index contributed by atoms with van der Waals surface area (Å²) in [5.74, 6) is -1.51. The molecule has 0 amide bonds. The van der Waals surface area contributed by atoms with E-state index in [-0.39, 0.29) is 17.0 Å². The molecule has 2 rings (SSSR count). The van der Waals surface area contributed by atoms with E-state index in [0.717, 1.165) is 0 Å². The van der Waals surface area contributed by atoms with Crippen LogP contribution in [0.2, 0.25) is 0 Å². The first kappa shape index (κ1) is 17.6. The highest BCUT2D eigenvalue weighted by Crippen LogP contribution is 2.24. The zero-order chi connectivity index (χ0) is 15.5. The van der Waals surface area contributed by atoms with Crippen molar-refractivity contribution in [1.82, 2.24) is 15.0 Å². The number of aromatic carboxylic acids is 1. The van der Waals surface area contributed by atoms with Crippen LogP contribution in [0.25, 0.3) is 5.69 Å². The summed E-state index contributed by atoms with van der Waals surface area (Å²) < 4.78 is 1.29. The van der Waals surface area contributed by atoms with E-state index < -0.39 is 5.97 Å². The number of hydrogen-bond donors (Lipinski definition) is 2. The van der Waals surface area contributed by atoms with E-state index in [1.807, 2.05) is 13.8 Å². The molecule has 2 aromatic rings. The molecule has 0 aliphatic carbocycles. The smallest absolute Gasteiger partial charge is 0.339 e. The van der Waals surface area contributed by atoms with Crippen LogP contribution in [-0.2, 0) is 0 Å². The Kier molecular flexibility index (Phi) is 8.41. The van der Waals surface area contributed by atoms with Crippen LogP contribution in [0.4, 0.5) is 0 Å². The molecule has 1 aromatic heterocycles. The Morgan fingerprint density at radius 3 is 2.35 bits per heavy atom. The van der Waals surface area contributed by atoms with Crippen molar-refractivity contribution >= 4 is 5.97 Å². The fourth-order valence-corrected chi connectivity index (χ4v) is 1.23. The summed E-state index contributed by atoms with van der Waals surface area (Å²) in [7, 11) is 0. The monoisotopic (exact) mass is 279 g/mol. The van der Waals surface area contributed by atoms with Crippen LogP contribution in [0.15, 0.2) is 30.6 Å². The Labute approximate surface area is 118 Å². The van der Waals surface area contributed by atoms with E-state index in [2.05, 4.69) is 24.2 Å². The molecule has 0 aliphatic heterocycles. The molecule has 0 saturated heterocycles. The van der Waals surface area contributed by atoms with Gasteiger partial charge in [-0.15, -0.1) is 5.10 Å². The van der Waals surface area contributed by atoms with Crippen LogP contribution < -0.4 is 0 Å². The van der Waals surface area contributed by atoms with Crippen molar-refractivity contribution in [1.29, 1.82) is 0 Å². The summed E-state index contributed by atoms with van der Waals surface area (Å²) in [6.45, 7) is 8.25. The molecule has 0 saturated carbocycles. The minimum absolute atomic E-state index is 0.164. The number of carboxylic acid groups (broad SMARTS) is 1. The van der Waals surface area contributed by atoms with Crippen molar-refractivity contribution < 1.29 is 15.0 Å². The number of carboxylic acids is 1. The first-order chi connectivity index (χ1) is 9.61. The van der Waals surface area contributed by atoms with Crippen LogP contribution in [-0.4, -0.2) is 31.2 Å². The fraction of sp³-hybridized carbons (Fsp3) is 0.357. The summed E-state index contributed by atoms with van der Waals surface area (Å²) in [5.41, 5.74) is 0.121. The van der Waals surface area contributed by atoms with Gasteiger partial charge in [0.1, 0.15) is 11.3 Å². The quantitative estimate of drug-likeness (QED) is 0.881. The van der Waals surface area contributed by atoms with Crippen LogP contribution in [0.3, 0.4) is 0 Å². The van der Waals surface area contributed by atoms with Gasteiger partial charge in [-0.1, -0.05) is 45.4 Å². The highest BCUT2D eigenvalue weighted by atomic mass is 16.4. The first-order valence-electron chi connectivity index (χ1n) is 6.53. The third kappa shape index (κ3) is 4.72. The highest BCUT2D eigenvalue weighted by Gasteiger charge is 2.14. The standard InChI is InChI=1S/C9H7N3O3.C3H8.C2H6/c13-8-6(9(14)15)2-1-3-7(8)12-5-4-10-11-12;1-3-2;1-2/h1-5,13H,(H,14,15);3H2,1-2H3;1-2H3. The van der Waals surface area contributed by atoms with Crippen LogP contribution in [0.1, 0.15) is 44.5 Å². The Morgan fingerprint density at radius 2 is 1.90 bits per heavy atom. The number of aromatic nitrogens is 3. The predicted octanol–water partition coefficient (Wildman–Crippen LogP) is 3.11. The van der Waals surface area contributed by atoms with Crippen LogP contribution in [0, 0.1) is 0 Å². The van der Waals surface area contributed by atoms with Gasteiger partial charge in [-0.3, -0.25) is 0 Å². The Balaban J connectivity index is 0.000000641. The van der Waals surface area contributed by atoms with E-state index in [9.17, 15) is 9.90 Å². The third-order valence-corrected chi connectivity index (χ3v) is 1.91. The number of nitrogens with zero attached hydrogens (tertiary/aromatic N) is 3. The van der Waals surface area contributed by atoms with Crippen molar-refractivity contribution in [3.8, 4) is 11.4 Å². The largest absolute Gasteiger partial charge is 0.505 e. The molecule has 0 fully saturated rings. The van der Waals surface area contributed by atoms with Gasteiger partial charge in [0.25, 0.3) is 0 Å². The summed E-state index contributed by atoms with van der Waals surface area (Å²) in [6.07, 6.45) is 4.20. The van der Waals surface area contributed by atoms with Crippen molar-refractivity contribution in [2.45, 2.75) is 34.1 Å². The van der Waals surface area contributed by atoms with Gasteiger partial charge in [-0.25, -0.2) is 9.48 Å². The van der Waals surface area contributed by atoms with Crippen LogP contribution >= 0.6 is 0 Å². The lowest BCUT2D eigenvalue weighted by Crippen LogP contribution is -2.01. The topological polar surface area (TPSA) is 88.2 Å². The average molecular weight is 279 g/mol. The second kappa shape index (κ2) is 9.55. The number of hydrogen-bond acceptors (Lipinski definition) is 4. The van der Waals surface area contributed by atoms with E-state index in [1.165, 1.54) is 35.6 Å². The molecule has 110 valence electrons. The number of carbonyl (C=O) groups is 1. The van der Waals surface area contributed by atoms with Crippen molar-refractivity contribution in [3.63, 3.8) is 0 Å². The SMILES string of the molecule is CC.CCC.O=C(O)c1cccc(-n2ccnn2)c1O. The number of benzene rings is 1. The van der Waals surface area contributed by atoms with E-state index >= 15 is 0 Å². The number of para-hydroxylation sites is 1. The maximum absolute atomic E-state index is 10.7. The molecule has 6 nitrogen and oxygen atoms in total. The minimum Gasteiger partial charge on any atom is -0.505 e. The molecule has 2 N–H and O–H groups in total. The van der Waals surface area contributed by atoms with Crippen molar-refractivity contribution in [2.75, 3.05) is 0 Å². The molecule has 1 aromatic carbocycles. The van der Waals surface area contributed by atoms with Gasteiger partial charge in [0.05, 0.1) is 12.4 Å². The number of rotatable bonds is 2. The maximum atomic E-state index is 10.7. The second-order valence-electron chi connectivity index (χ2n) is 3.53. The van der Waals surface area contributed by atoms with Gasteiger partial charge in [0.15, 0.2) is 5.75 Å². The van der Waals surface area contributed by atoms with Gasteiger partial charge in [0.2, 0.25) is 0 Å². The van der Waals surface area contributed by atoms with Gasteiger partial charge in [-0.05, 0) is 12.1 Å². The van der Waals surface area contributed by atoms with Crippen LogP contribution in [0.5, 0.6) is 5.75 Å². The van der Waals surface area contributed by atoms with E-state index in [1.54, 1.807) is 6.07 Å². The fourth-order valence-electron chi connectivity index (χ4n) is 1.23. The normalized spacial score (nSPS) is 8.80. The second-order valence-corrected chi connectivity index (χ2v) is 3.53. The Morgan fingerprint density at radius 1 is 1.30 bits per heavy atom.